The van der Waals surface area contributed by atoms with E-state index in [0.717, 1.165) is 13.2 Å². The highest BCUT2D eigenvalue weighted by atomic mass is 19.1. The number of ether oxygens (including phenoxy) is 1. The molecule has 0 aliphatic heterocycles. The Morgan fingerprint density at radius 2 is 2.28 bits per heavy atom. The molecule has 0 amide bonds. The van der Waals surface area contributed by atoms with E-state index in [0.29, 0.717) is 6.07 Å². The molecule has 0 heterocycles. The van der Waals surface area contributed by atoms with E-state index < -0.39 is 34.2 Å². The van der Waals surface area contributed by atoms with Crippen molar-refractivity contribution >= 4 is 11.7 Å². The predicted molar refractivity (Wildman–Crippen MR) is 58.3 cm³/mol. The standard InChI is InChI=1S/C10H11FN2O5/c1-18-9(14)4-8(12)6-2-5(13(16)17)3-7(11)10(6)15/h2-3,8,15H,4,12H2,1H3/t8-/m0/s1. The molecule has 18 heavy (non-hydrogen) atoms. The molecule has 0 bridgehead atoms. The summed E-state index contributed by atoms with van der Waals surface area (Å²) in [5.74, 6) is -2.65. The molecule has 98 valence electrons. The number of halogens is 1. The number of carbonyl (C=O) groups excluding carboxylic acids is 1. The topological polar surface area (TPSA) is 116 Å². The Balaban J connectivity index is 3.14. The monoisotopic (exact) mass is 258 g/mol. The molecule has 0 spiro atoms. The van der Waals surface area contributed by atoms with Crippen molar-refractivity contribution in [2.75, 3.05) is 7.11 Å². The summed E-state index contributed by atoms with van der Waals surface area (Å²) in [7, 11) is 1.14. The molecule has 0 aliphatic carbocycles. The van der Waals surface area contributed by atoms with Crippen molar-refractivity contribution in [2.24, 2.45) is 5.73 Å². The number of methoxy groups -OCH3 is 1. The van der Waals surface area contributed by atoms with E-state index in [4.69, 9.17) is 5.73 Å². The Morgan fingerprint density at radius 1 is 1.67 bits per heavy atom. The lowest BCUT2D eigenvalue weighted by Crippen LogP contribution is -2.17. The molecular formula is C10H11FN2O5. The molecule has 0 saturated heterocycles. The van der Waals surface area contributed by atoms with Gasteiger partial charge in [0, 0.05) is 17.7 Å². The minimum Gasteiger partial charge on any atom is -0.505 e. The van der Waals surface area contributed by atoms with Gasteiger partial charge in [0.1, 0.15) is 0 Å². The molecule has 1 aromatic carbocycles. The van der Waals surface area contributed by atoms with Crippen LogP contribution in [0.3, 0.4) is 0 Å². The Morgan fingerprint density at radius 3 is 2.78 bits per heavy atom. The Hall–Kier alpha value is -2.22. The van der Waals surface area contributed by atoms with Crippen LogP contribution in [0, 0.1) is 15.9 Å². The van der Waals surface area contributed by atoms with E-state index in [2.05, 4.69) is 4.74 Å². The molecule has 7 nitrogen and oxygen atoms in total. The van der Waals surface area contributed by atoms with E-state index >= 15 is 0 Å². The first-order chi connectivity index (χ1) is 8.36. The molecule has 1 rings (SSSR count). The van der Waals surface area contributed by atoms with E-state index in [1.807, 2.05) is 0 Å². The van der Waals surface area contributed by atoms with Gasteiger partial charge >= 0.3 is 5.97 Å². The molecule has 8 heteroatoms. The minimum atomic E-state index is -1.17. The number of nitro benzene ring substituents is 1. The third-order valence-corrected chi connectivity index (χ3v) is 2.30. The number of aromatic hydroxyl groups is 1. The lowest BCUT2D eigenvalue weighted by Gasteiger charge is -2.12. The van der Waals surface area contributed by atoms with Gasteiger partial charge in [-0.15, -0.1) is 0 Å². The Labute approximate surface area is 101 Å². The lowest BCUT2D eigenvalue weighted by atomic mass is 10.0. The summed E-state index contributed by atoms with van der Waals surface area (Å²) in [5.41, 5.74) is 4.79. The molecule has 0 radical (unpaired) electrons. The van der Waals surface area contributed by atoms with Crippen LogP contribution in [-0.2, 0) is 9.53 Å². The van der Waals surface area contributed by atoms with Crippen molar-refractivity contribution in [1.29, 1.82) is 0 Å². The second-order valence-corrected chi connectivity index (χ2v) is 3.51. The average Bonchev–Trinajstić information content (AvgIpc) is 2.31. The second kappa shape index (κ2) is 5.41. The zero-order valence-corrected chi connectivity index (χ0v) is 9.42. The van der Waals surface area contributed by atoms with Gasteiger partial charge < -0.3 is 15.6 Å². The predicted octanol–water partition coefficient (Wildman–Crippen LogP) is 1.00. The number of rotatable bonds is 4. The van der Waals surface area contributed by atoms with E-state index in [1.165, 1.54) is 0 Å². The first kappa shape index (κ1) is 13.8. The van der Waals surface area contributed by atoms with Crippen molar-refractivity contribution < 1.29 is 24.0 Å². The van der Waals surface area contributed by atoms with Crippen LogP contribution >= 0.6 is 0 Å². The molecule has 1 atom stereocenters. The molecule has 0 aromatic heterocycles. The summed E-state index contributed by atoms with van der Waals surface area (Å²) in [6.07, 6.45) is -0.329. The second-order valence-electron chi connectivity index (χ2n) is 3.51. The van der Waals surface area contributed by atoms with Crippen LogP contribution in [0.25, 0.3) is 0 Å². The highest BCUT2D eigenvalue weighted by molar-refractivity contribution is 5.70. The molecule has 0 aliphatic rings. The Kier molecular flexibility index (Phi) is 4.16. The third-order valence-electron chi connectivity index (χ3n) is 2.30. The van der Waals surface area contributed by atoms with Crippen LogP contribution < -0.4 is 5.73 Å². The molecule has 1 aromatic rings. The van der Waals surface area contributed by atoms with Crippen LogP contribution in [0.4, 0.5) is 10.1 Å². The van der Waals surface area contributed by atoms with Crippen molar-refractivity contribution in [2.45, 2.75) is 12.5 Å². The van der Waals surface area contributed by atoms with Gasteiger partial charge in [-0.3, -0.25) is 14.9 Å². The summed E-state index contributed by atoms with van der Waals surface area (Å²) in [6, 6.07) is 0.405. The Bertz CT molecular complexity index is 491. The number of nitro groups is 1. The lowest BCUT2D eigenvalue weighted by molar-refractivity contribution is -0.385. The fourth-order valence-corrected chi connectivity index (χ4v) is 1.37. The van der Waals surface area contributed by atoms with Gasteiger partial charge in [-0.05, 0) is 0 Å². The van der Waals surface area contributed by atoms with E-state index in [-0.39, 0.29) is 12.0 Å². The van der Waals surface area contributed by atoms with Crippen LogP contribution in [0.15, 0.2) is 12.1 Å². The molecule has 0 fully saturated rings. The van der Waals surface area contributed by atoms with Gasteiger partial charge in [-0.1, -0.05) is 0 Å². The number of hydrogen-bond donors (Lipinski definition) is 2. The summed E-state index contributed by atoms with van der Waals surface area (Å²) in [5, 5.41) is 20.0. The summed E-state index contributed by atoms with van der Waals surface area (Å²) >= 11 is 0. The largest absolute Gasteiger partial charge is 0.505 e. The zero-order chi connectivity index (χ0) is 13.9. The molecule has 0 unspecified atom stereocenters. The first-order valence-corrected chi connectivity index (χ1v) is 4.86. The maximum atomic E-state index is 13.3. The van der Waals surface area contributed by atoms with Crippen molar-refractivity contribution in [3.63, 3.8) is 0 Å². The third kappa shape index (κ3) is 2.92. The van der Waals surface area contributed by atoms with Gasteiger partial charge in [0.05, 0.1) is 24.5 Å². The minimum absolute atomic E-state index is 0.216. The smallest absolute Gasteiger partial charge is 0.307 e. The van der Waals surface area contributed by atoms with E-state index in [9.17, 15) is 24.4 Å². The molecule has 0 saturated carbocycles. The molecule has 3 N–H and O–H groups in total. The van der Waals surface area contributed by atoms with Gasteiger partial charge in [0.2, 0.25) is 0 Å². The van der Waals surface area contributed by atoms with Crippen molar-refractivity contribution in [1.82, 2.24) is 0 Å². The summed E-state index contributed by atoms with van der Waals surface area (Å²) in [4.78, 5) is 20.7. The van der Waals surface area contributed by atoms with Crippen molar-refractivity contribution in [3.05, 3.63) is 33.6 Å². The van der Waals surface area contributed by atoms with Gasteiger partial charge in [-0.2, -0.15) is 0 Å². The zero-order valence-electron chi connectivity index (χ0n) is 9.42. The number of phenolic OH excluding ortho intramolecular Hbond substituents is 1. The normalized spacial score (nSPS) is 11.9. The molecular weight excluding hydrogens is 247 g/mol. The number of carbonyl (C=O) groups is 1. The van der Waals surface area contributed by atoms with Gasteiger partial charge in [-0.25, -0.2) is 4.39 Å². The van der Waals surface area contributed by atoms with Gasteiger partial charge in [0.25, 0.3) is 5.69 Å². The quantitative estimate of drug-likeness (QED) is 0.473. The fourth-order valence-electron chi connectivity index (χ4n) is 1.37. The van der Waals surface area contributed by atoms with E-state index in [1.54, 1.807) is 0 Å². The summed E-state index contributed by atoms with van der Waals surface area (Å²) in [6.45, 7) is 0. The van der Waals surface area contributed by atoms with Crippen LogP contribution in [-0.4, -0.2) is 23.1 Å². The SMILES string of the molecule is COC(=O)C[C@H](N)c1cc([N+](=O)[O-])cc(F)c1O. The maximum absolute atomic E-state index is 13.3. The number of non-ortho nitro benzene ring substituents is 1. The highest BCUT2D eigenvalue weighted by Gasteiger charge is 2.22. The highest BCUT2D eigenvalue weighted by Crippen LogP contribution is 2.31. The number of hydrogen-bond acceptors (Lipinski definition) is 6. The maximum Gasteiger partial charge on any atom is 0.307 e. The number of nitrogens with zero attached hydrogens (tertiary/aromatic N) is 1. The number of phenols is 1. The number of benzene rings is 1. The fraction of sp³-hybridized carbons (Fsp3) is 0.300. The average molecular weight is 258 g/mol. The van der Waals surface area contributed by atoms with Crippen molar-refractivity contribution in [3.8, 4) is 5.75 Å². The van der Waals surface area contributed by atoms with Crippen LogP contribution in [0.1, 0.15) is 18.0 Å². The van der Waals surface area contributed by atoms with Crippen LogP contribution in [0.5, 0.6) is 5.75 Å². The first-order valence-electron chi connectivity index (χ1n) is 4.86. The van der Waals surface area contributed by atoms with Crippen LogP contribution in [0.2, 0.25) is 0 Å². The van der Waals surface area contributed by atoms with Gasteiger partial charge in [0.15, 0.2) is 11.6 Å². The number of nitrogens with two attached hydrogens (primary N) is 1. The number of esters is 1. The summed E-state index contributed by atoms with van der Waals surface area (Å²) < 4.78 is 17.6.